The molecule has 0 atom stereocenters. The maximum atomic E-state index is 11.7. The van der Waals surface area contributed by atoms with Crippen molar-refractivity contribution >= 4 is 0 Å². The molecule has 3 heteroatoms. The van der Waals surface area contributed by atoms with Crippen molar-refractivity contribution < 1.29 is 4.39 Å². The van der Waals surface area contributed by atoms with E-state index in [4.69, 9.17) is 0 Å². The van der Waals surface area contributed by atoms with Crippen molar-refractivity contribution in [1.82, 2.24) is 10.2 Å². The minimum absolute atomic E-state index is 0.257. The highest BCUT2D eigenvalue weighted by Crippen LogP contribution is 2.22. The molecule has 1 aliphatic carbocycles. The molecule has 72 valence electrons. The lowest BCUT2D eigenvalue weighted by Crippen LogP contribution is -2.41. The molecule has 2 nitrogen and oxygen atoms in total. The molecule has 0 unspecified atom stereocenters. The van der Waals surface area contributed by atoms with Crippen LogP contribution in [-0.4, -0.2) is 44.3 Å². The third kappa shape index (κ3) is 3.07. The average Bonchev–Trinajstić information content (AvgIpc) is 1.95. The first-order chi connectivity index (χ1) is 5.84. The van der Waals surface area contributed by atoms with Crippen LogP contribution in [0.4, 0.5) is 4.39 Å². The zero-order chi connectivity index (χ0) is 8.81. The Morgan fingerprint density at radius 1 is 1.42 bits per heavy atom. The molecule has 0 aromatic heterocycles. The van der Waals surface area contributed by atoms with Gasteiger partial charge in [0.15, 0.2) is 0 Å². The molecule has 1 aliphatic rings. The topological polar surface area (TPSA) is 15.3 Å². The van der Waals surface area contributed by atoms with Crippen LogP contribution in [0, 0.1) is 0 Å². The van der Waals surface area contributed by atoms with E-state index >= 15 is 0 Å². The van der Waals surface area contributed by atoms with Crippen LogP contribution in [0.25, 0.3) is 0 Å². The Morgan fingerprint density at radius 2 is 2.17 bits per heavy atom. The number of nitrogens with zero attached hydrogens (tertiary/aromatic N) is 1. The van der Waals surface area contributed by atoms with E-state index in [-0.39, 0.29) is 6.67 Å². The quantitative estimate of drug-likeness (QED) is 0.605. The number of rotatable bonds is 6. The number of nitrogens with one attached hydrogen (secondary N) is 1. The lowest BCUT2D eigenvalue weighted by molar-refractivity contribution is 0.160. The maximum absolute atomic E-state index is 11.7. The van der Waals surface area contributed by atoms with Crippen molar-refractivity contribution in [1.29, 1.82) is 0 Å². The van der Waals surface area contributed by atoms with E-state index in [1.165, 1.54) is 19.3 Å². The molecule has 0 amide bonds. The van der Waals surface area contributed by atoms with Crippen LogP contribution >= 0.6 is 0 Å². The van der Waals surface area contributed by atoms with Gasteiger partial charge in [-0.1, -0.05) is 6.42 Å². The van der Waals surface area contributed by atoms with Crippen LogP contribution in [0.1, 0.15) is 19.3 Å². The van der Waals surface area contributed by atoms with Crippen molar-refractivity contribution in [2.45, 2.75) is 25.3 Å². The fourth-order valence-corrected chi connectivity index (χ4v) is 1.46. The van der Waals surface area contributed by atoms with Gasteiger partial charge < -0.3 is 10.2 Å². The molecule has 0 aromatic rings. The Kier molecular flexibility index (Phi) is 4.54. The van der Waals surface area contributed by atoms with Crippen LogP contribution in [0.15, 0.2) is 0 Å². The Morgan fingerprint density at radius 3 is 2.67 bits per heavy atom. The molecule has 0 bridgehead atoms. The van der Waals surface area contributed by atoms with Crippen molar-refractivity contribution in [3.63, 3.8) is 0 Å². The van der Waals surface area contributed by atoms with Gasteiger partial charge in [-0.05, 0) is 19.9 Å². The number of alkyl halides is 1. The summed E-state index contributed by atoms with van der Waals surface area (Å²) in [5, 5.41) is 3.05. The summed E-state index contributed by atoms with van der Waals surface area (Å²) < 4.78 is 11.7. The first-order valence-corrected chi connectivity index (χ1v) is 4.81. The molecule has 1 rings (SSSR count). The van der Waals surface area contributed by atoms with E-state index in [9.17, 15) is 4.39 Å². The van der Waals surface area contributed by atoms with Gasteiger partial charge in [0, 0.05) is 25.7 Å². The summed E-state index contributed by atoms with van der Waals surface area (Å²) in [7, 11) is 2.15. The Bertz CT molecular complexity index is 115. The molecule has 0 aromatic carbocycles. The number of hydrogen-bond donors (Lipinski definition) is 1. The van der Waals surface area contributed by atoms with Crippen LogP contribution in [-0.2, 0) is 0 Å². The lowest BCUT2D eigenvalue weighted by atomic mass is 9.92. The Labute approximate surface area is 74.1 Å². The molecular formula is C9H19FN2. The van der Waals surface area contributed by atoms with Gasteiger partial charge in [0.2, 0.25) is 0 Å². The molecule has 0 spiro atoms. The molecule has 0 saturated heterocycles. The first kappa shape index (κ1) is 9.93. The summed E-state index contributed by atoms with van der Waals surface area (Å²) in [6, 6.07) is 0.803. The second-order valence-electron chi connectivity index (χ2n) is 3.50. The van der Waals surface area contributed by atoms with Gasteiger partial charge >= 0.3 is 0 Å². The van der Waals surface area contributed by atoms with Crippen LogP contribution < -0.4 is 5.32 Å². The molecule has 0 radical (unpaired) electrons. The number of hydrogen-bond acceptors (Lipinski definition) is 2. The third-order valence-electron chi connectivity index (χ3n) is 2.61. The summed E-state index contributed by atoms with van der Waals surface area (Å²) in [5.41, 5.74) is 0. The summed E-state index contributed by atoms with van der Waals surface area (Å²) in [6.07, 6.45) is 4.08. The summed E-state index contributed by atoms with van der Waals surface area (Å²) in [6.45, 7) is 2.20. The lowest BCUT2D eigenvalue weighted by Gasteiger charge is -2.34. The highest BCUT2D eigenvalue weighted by Gasteiger charge is 2.20. The van der Waals surface area contributed by atoms with Crippen molar-refractivity contribution in [2.24, 2.45) is 0 Å². The molecule has 1 saturated carbocycles. The van der Waals surface area contributed by atoms with Crippen molar-refractivity contribution in [2.75, 3.05) is 33.4 Å². The minimum Gasteiger partial charge on any atom is -0.313 e. The van der Waals surface area contributed by atoms with Gasteiger partial charge in [0.1, 0.15) is 6.67 Å². The maximum Gasteiger partial charge on any atom is 0.102 e. The standard InChI is InChI=1S/C9H19FN2/c1-12(9-3-2-4-9)8-7-11-6-5-10/h9,11H,2-8H2,1H3. The molecule has 12 heavy (non-hydrogen) atoms. The summed E-state index contributed by atoms with van der Waals surface area (Å²) in [4.78, 5) is 2.37. The van der Waals surface area contributed by atoms with Gasteiger partial charge in [-0.3, -0.25) is 0 Å². The fraction of sp³-hybridized carbons (Fsp3) is 1.00. The van der Waals surface area contributed by atoms with E-state index in [2.05, 4.69) is 17.3 Å². The largest absolute Gasteiger partial charge is 0.313 e. The van der Waals surface area contributed by atoms with Crippen LogP contribution in [0.2, 0.25) is 0 Å². The van der Waals surface area contributed by atoms with Gasteiger partial charge in [-0.2, -0.15) is 0 Å². The van der Waals surface area contributed by atoms with Crippen molar-refractivity contribution in [3.05, 3.63) is 0 Å². The van der Waals surface area contributed by atoms with Gasteiger partial charge in [0.25, 0.3) is 0 Å². The second kappa shape index (κ2) is 5.49. The van der Waals surface area contributed by atoms with E-state index in [1.807, 2.05) is 0 Å². The fourth-order valence-electron chi connectivity index (χ4n) is 1.46. The minimum atomic E-state index is -0.257. The molecular weight excluding hydrogens is 155 g/mol. The predicted molar refractivity (Wildman–Crippen MR) is 49.1 cm³/mol. The highest BCUT2D eigenvalue weighted by atomic mass is 19.1. The Hall–Kier alpha value is -0.150. The van der Waals surface area contributed by atoms with Gasteiger partial charge in [-0.15, -0.1) is 0 Å². The molecule has 0 heterocycles. The first-order valence-electron chi connectivity index (χ1n) is 4.81. The van der Waals surface area contributed by atoms with Crippen LogP contribution in [0.3, 0.4) is 0 Å². The van der Waals surface area contributed by atoms with E-state index in [0.717, 1.165) is 19.1 Å². The summed E-state index contributed by atoms with van der Waals surface area (Å²) in [5.74, 6) is 0. The van der Waals surface area contributed by atoms with Gasteiger partial charge in [-0.25, -0.2) is 4.39 Å². The van der Waals surface area contributed by atoms with Crippen LogP contribution in [0.5, 0.6) is 0 Å². The van der Waals surface area contributed by atoms with E-state index < -0.39 is 0 Å². The van der Waals surface area contributed by atoms with Gasteiger partial charge in [0.05, 0.1) is 0 Å². The van der Waals surface area contributed by atoms with Crippen molar-refractivity contribution in [3.8, 4) is 0 Å². The highest BCUT2D eigenvalue weighted by molar-refractivity contribution is 4.77. The molecule has 1 N–H and O–H groups in total. The summed E-state index contributed by atoms with van der Waals surface area (Å²) >= 11 is 0. The zero-order valence-corrected chi connectivity index (χ0v) is 7.85. The Balaban J connectivity index is 1.91. The SMILES string of the molecule is CN(CCNCCF)C1CCC1. The van der Waals surface area contributed by atoms with E-state index in [0.29, 0.717) is 6.54 Å². The second-order valence-corrected chi connectivity index (χ2v) is 3.50. The zero-order valence-electron chi connectivity index (χ0n) is 7.85. The average molecular weight is 174 g/mol. The normalized spacial score (nSPS) is 18.2. The number of halogens is 1. The monoisotopic (exact) mass is 174 g/mol. The molecule has 0 aliphatic heterocycles. The molecule has 1 fully saturated rings. The third-order valence-corrected chi connectivity index (χ3v) is 2.61. The number of likely N-dealkylation sites (N-methyl/N-ethyl adjacent to an activating group) is 1. The predicted octanol–water partition coefficient (Wildman–Crippen LogP) is 1.03. The van der Waals surface area contributed by atoms with E-state index in [1.54, 1.807) is 0 Å². The smallest absolute Gasteiger partial charge is 0.102 e.